The maximum atomic E-state index is 12.3. The van der Waals surface area contributed by atoms with Crippen LogP contribution in [0.5, 0.6) is 0 Å². The molecule has 0 radical (unpaired) electrons. The highest BCUT2D eigenvalue weighted by Crippen LogP contribution is 2.33. The molecule has 0 aromatic heterocycles. The molecule has 2 saturated heterocycles. The molecule has 0 aliphatic carbocycles. The summed E-state index contributed by atoms with van der Waals surface area (Å²) in [7, 11) is 0. The normalized spacial score (nSPS) is 31.5. The van der Waals surface area contributed by atoms with Crippen molar-refractivity contribution < 1.29 is 19.7 Å². The van der Waals surface area contributed by atoms with Gasteiger partial charge in [-0.3, -0.25) is 4.90 Å². The Morgan fingerprint density at radius 3 is 2.71 bits per heavy atom. The Balaban J connectivity index is 1.93. The fourth-order valence-corrected chi connectivity index (χ4v) is 3.77. The third kappa shape index (κ3) is 3.10. The van der Waals surface area contributed by atoms with Crippen LogP contribution in [0.4, 0.5) is 0 Å². The molecule has 2 aliphatic heterocycles. The summed E-state index contributed by atoms with van der Waals surface area (Å²) in [6.07, 6.45) is 2.92. The number of fused-ring (bicyclic) bond motifs is 1. The smallest absolute Gasteiger partial charge is 0.341 e. The standard InChI is InChI=1S/C16H29NO4/c1-4-11(2)16(20,12(3)18)15(19)21-10-13-7-9-17-8-5-6-14(13)17/h11-14,18,20H,4-10H2,1-3H3/t11-,12+,13-,14-,16+/m0/s1. The quantitative estimate of drug-likeness (QED) is 0.721. The van der Waals surface area contributed by atoms with Crippen LogP contribution in [0.2, 0.25) is 0 Å². The average Bonchev–Trinajstić information content (AvgIpc) is 3.06. The molecule has 0 amide bonds. The fraction of sp³-hybridized carbons (Fsp3) is 0.938. The van der Waals surface area contributed by atoms with Gasteiger partial charge in [0.1, 0.15) is 0 Å². The summed E-state index contributed by atoms with van der Waals surface area (Å²) in [6.45, 7) is 7.69. The molecule has 0 spiro atoms. The minimum atomic E-state index is -1.80. The second-order valence-electron chi connectivity index (χ2n) is 6.70. The first-order valence-electron chi connectivity index (χ1n) is 8.22. The van der Waals surface area contributed by atoms with E-state index in [-0.39, 0.29) is 5.92 Å². The molecule has 5 heteroatoms. The summed E-state index contributed by atoms with van der Waals surface area (Å²) in [5.41, 5.74) is -1.80. The highest BCUT2D eigenvalue weighted by atomic mass is 16.6. The number of carbonyl (C=O) groups excluding carboxylic acids is 1. The highest BCUT2D eigenvalue weighted by molar-refractivity contribution is 5.80. The van der Waals surface area contributed by atoms with E-state index in [0.29, 0.717) is 25.0 Å². The lowest BCUT2D eigenvalue weighted by molar-refractivity contribution is -0.187. The number of carbonyl (C=O) groups is 1. The van der Waals surface area contributed by atoms with Crippen molar-refractivity contribution in [1.29, 1.82) is 0 Å². The molecule has 0 unspecified atom stereocenters. The fourth-order valence-electron chi connectivity index (χ4n) is 3.77. The van der Waals surface area contributed by atoms with Crippen LogP contribution in [-0.4, -0.2) is 58.5 Å². The van der Waals surface area contributed by atoms with E-state index in [1.807, 2.05) is 6.92 Å². The van der Waals surface area contributed by atoms with Crippen LogP contribution in [0.1, 0.15) is 46.5 Å². The second kappa shape index (κ2) is 6.63. The average molecular weight is 299 g/mol. The molecule has 2 rings (SSSR count). The van der Waals surface area contributed by atoms with Gasteiger partial charge in [0.25, 0.3) is 0 Å². The van der Waals surface area contributed by atoms with Crippen LogP contribution in [-0.2, 0) is 9.53 Å². The first-order chi connectivity index (χ1) is 9.91. The predicted molar refractivity (Wildman–Crippen MR) is 79.7 cm³/mol. The zero-order valence-electron chi connectivity index (χ0n) is 13.4. The molecule has 0 bridgehead atoms. The number of rotatable bonds is 6. The molecule has 0 aromatic rings. The SMILES string of the molecule is CC[C@H](C)[C@](O)(C(=O)OC[C@@H]1CCN2CCC[C@@H]12)[C@@H](C)O. The third-order valence-corrected chi connectivity index (χ3v) is 5.50. The largest absolute Gasteiger partial charge is 0.463 e. The Labute approximate surface area is 127 Å². The summed E-state index contributed by atoms with van der Waals surface area (Å²) in [5, 5.41) is 20.4. The van der Waals surface area contributed by atoms with Gasteiger partial charge in [0.2, 0.25) is 0 Å². The van der Waals surface area contributed by atoms with Crippen LogP contribution in [0.3, 0.4) is 0 Å². The molecule has 21 heavy (non-hydrogen) atoms. The predicted octanol–water partition coefficient (Wildman–Crippen LogP) is 1.17. The Morgan fingerprint density at radius 1 is 1.38 bits per heavy atom. The van der Waals surface area contributed by atoms with Gasteiger partial charge in [-0.1, -0.05) is 20.3 Å². The van der Waals surface area contributed by atoms with Crippen molar-refractivity contribution in [1.82, 2.24) is 4.90 Å². The van der Waals surface area contributed by atoms with Gasteiger partial charge < -0.3 is 14.9 Å². The molecular formula is C16H29NO4. The molecule has 5 nitrogen and oxygen atoms in total. The Bertz CT molecular complexity index is 373. The van der Waals surface area contributed by atoms with Crippen LogP contribution in [0, 0.1) is 11.8 Å². The lowest BCUT2D eigenvalue weighted by atomic mass is 9.82. The maximum absolute atomic E-state index is 12.3. The van der Waals surface area contributed by atoms with Gasteiger partial charge in [0.05, 0.1) is 12.7 Å². The van der Waals surface area contributed by atoms with Gasteiger partial charge in [-0.15, -0.1) is 0 Å². The summed E-state index contributed by atoms with van der Waals surface area (Å²) in [4.78, 5) is 14.8. The van der Waals surface area contributed by atoms with Gasteiger partial charge in [0.15, 0.2) is 5.60 Å². The Morgan fingerprint density at radius 2 is 2.10 bits per heavy atom. The van der Waals surface area contributed by atoms with Gasteiger partial charge in [-0.25, -0.2) is 4.79 Å². The Hall–Kier alpha value is -0.650. The summed E-state index contributed by atoms with van der Waals surface area (Å²) >= 11 is 0. The Kier molecular flexibility index (Phi) is 5.28. The molecule has 2 aliphatic rings. The molecule has 122 valence electrons. The minimum absolute atomic E-state index is 0.337. The van der Waals surface area contributed by atoms with E-state index < -0.39 is 17.7 Å². The lowest BCUT2D eigenvalue weighted by Gasteiger charge is -2.34. The van der Waals surface area contributed by atoms with E-state index in [4.69, 9.17) is 4.74 Å². The third-order valence-electron chi connectivity index (χ3n) is 5.50. The lowest BCUT2D eigenvalue weighted by Crippen LogP contribution is -2.54. The molecule has 0 saturated carbocycles. The zero-order valence-corrected chi connectivity index (χ0v) is 13.4. The molecular weight excluding hydrogens is 270 g/mol. The monoisotopic (exact) mass is 299 g/mol. The van der Waals surface area contributed by atoms with E-state index >= 15 is 0 Å². The van der Waals surface area contributed by atoms with Gasteiger partial charge >= 0.3 is 5.97 Å². The van der Waals surface area contributed by atoms with E-state index in [2.05, 4.69) is 4.90 Å². The minimum Gasteiger partial charge on any atom is -0.463 e. The first kappa shape index (κ1) is 16.7. The van der Waals surface area contributed by atoms with Crippen LogP contribution in [0.15, 0.2) is 0 Å². The number of ether oxygens (including phenoxy) is 1. The van der Waals surface area contributed by atoms with Crippen molar-refractivity contribution in [3.8, 4) is 0 Å². The van der Waals surface area contributed by atoms with Crippen LogP contribution in [0.25, 0.3) is 0 Å². The van der Waals surface area contributed by atoms with Crippen molar-refractivity contribution in [3.05, 3.63) is 0 Å². The number of esters is 1. The first-order valence-corrected chi connectivity index (χ1v) is 8.22. The van der Waals surface area contributed by atoms with Crippen molar-refractivity contribution in [3.63, 3.8) is 0 Å². The summed E-state index contributed by atoms with van der Waals surface area (Å²) < 4.78 is 5.41. The van der Waals surface area contributed by atoms with Gasteiger partial charge in [0, 0.05) is 12.0 Å². The topological polar surface area (TPSA) is 70.0 Å². The van der Waals surface area contributed by atoms with Crippen LogP contribution < -0.4 is 0 Å². The molecule has 5 atom stereocenters. The number of hydrogen-bond acceptors (Lipinski definition) is 5. The number of nitrogens with zero attached hydrogens (tertiary/aromatic N) is 1. The van der Waals surface area contributed by atoms with E-state index in [1.54, 1.807) is 6.92 Å². The van der Waals surface area contributed by atoms with E-state index in [1.165, 1.54) is 19.8 Å². The summed E-state index contributed by atoms with van der Waals surface area (Å²) in [5.74, 6) is -0.647. The summed E-state index contributed by atoms with van der Waals surface area (Å²) in [6, 6.07) is 0.529. The highest BCUT2D eigenvalue weighted by Gasteiger charge is 2.47. The second-order valence-corrected chi connectivity index (χ2v) is 6.70. The van der Waals surface area contributed by atoms with Crippen molar-refractivity contribution in [2.45, 2.75) is 64.2 Å². The van der Waals surface area contributed by atoms with Gasteiger partial charge in [-0.2, -0.15) is 0 Å². The molecule has 2 N–H and O–H groups in total. The number of aliphatic hydroxyl groups excluding tert-OH is 1. The number of hydrogen-bond donors (Lipinski definition) is 2. The molecule has 2 heterocycles. The zero-order chi connectivity index (χ0) is 15.6. The van der Waals surface area contributed by atoms with Crippen molar-refractivity contribution >= 4 is 5.97 Å². The molecule has 0 aromatic carbocycles. The van der Waals surface area contributed by atoms with Gasteiger partial charge in [-0.05, 0) is 45.2 Å². The van der Waals surface area contributed by atoms with Crippen molar-refractivity contribution in [2.75, 3.05) is 19.7 Å². The maximum Gasteiger partial charge on any atom is 0.341 e. The van der Waals surface area contributed by atoms with E-state index in [0.717, 1.165) is 19.5 Å². The molecule has 2 fully saturated rings. The number of aliphatic hydroxyl groups is 2. The van der Waals surface area contributed by atoms with Crippen LogP contribution >= 0.6 is 0 Å². The van der Waals surface area contributed by atoms with Crippen molar-refractivity contribution in [2.24, 2.45) is 11.8 Å². The van der Waals surface area contributed by atoms with E-state index in [9.17, 15) is 15.0 Å².